The molecule has 5 heteroatoms. The van der Waals surface area contributed by atoms with E-state index in [4.69, 9.17) is 14.2 Å². The lowest BCUT2D eigenvalue weighted by atomic mass is 9.42. The number of hydrogen-bond donors (Lipinski definition) is 0. The summed E-state index contributed by atoms with van der Waals surface area (Å²) in [6.07, 6.45) is 8.73. The fourth-order valence-electron chi connectivity index (χ4n) is 7.42. The van der Waals surface area contributed by atoms with Crippen molar-refractivity contribution in [1.29, 1.82) is 0 Å². The lowest BCUT2D eigenvalue weighted by Gasteiger charge is -2.68. The highest BCUT2D eigenvalue weighted by Crippen LogP contribution is 2.68. The minimum atomic E-state index is -0.563. The number of carbonyl (C=O) groups excluding carboxylic acids is 2. The fourth-order valence-corrected chi connectivity index (χ4v) is 7.42. The highest BCUT2D eigenvalue weighted by Gasteiger charge is 2.69. The minimum Gasteiger partial charge on any atom is -0.463 e. The Morgan fingerprint density at radius 1 is 1.18 bits per heavy atom. The van der Waals surface area contributed by atoms with Gasteiger partial charge in [-0.2, -0.15) is 0 Å². The van der Waals surface area contributed by atoms with Gasteiger partial charge in [-0.3, -0.25) is 4.79 Å². The first-order valence-electron chi connectivity index (χ1n) is 12.6. The maximum atomic E-state index is 13.0. The number of esters is 2. The van der Waals surface area contributed by atoms with Gasteiger partial charge in [-0.15, -0.1) is 0 Å². The average molecular weight is 465 g/mol. The van der Waals surface area contributed by atoms with E-state index in [2.05, 4.69) is 27.4 Å². The van der Waals surface area contributed by atoms with Crippen LogP contribution >= 0.6 is 0 Å². The molecule has 5 rings (SSSR count). The quantitative estimate of drug-likeness (QED) is 0.329. The third-order valence-electron chi connectivity index (χ3n) is 9.65. The molecule has 2 saturated carbocycles. The lowest BCUT2D eigenvalue weighted by molar-refractivity contribution is -0.303. The van der Waals surface area contributed by atoms with Crippen LogP contribution < -0.4 is 0 Å². The number of hydrogen-bond acceptors (Lipinski definition) is 5. The third-order valence-corrected chi connectivity index (χ3v) is 9.65. The molecule has 2 saturated heterocycles. The monoisotopic (exact) mass is 464 g/mol. The van der Waals surface area contributed by atoms with Gasteiger partial charge in [0.2, 0.25) is 0 Å². The van der Waals surface area contributed by atoms with Crippen LogP contribution in [0.2, 0.25) is 0 Å². The van der Waals surface area contributed by atoms with Crippen LogP contribution in [0.15, 0.2) is 48.6 Å². The highest BCUT2D eigenvalue weighted by molar-refractivity contribution is 5.87. The van der Waals surface area contributed by atoms with E-state index < -0.39 is 11.2 Å². The van der Waals surface area contributed by atoms with Crippen molar-refractivity contribution in [2.45, 2.75) is 83.0 Å². The summed E-state index contributed by atoms with van der Waals surface area (Å²) in [5.74, 6) is -0.247. The van der Waals surface area contributed by atoms with Gasteiger partial charge in [0.15, 0.2) is 0 Å². The molecule has 4 aliphatic rings. The number of rotatable bonds is 3. The molecule has 2 heterocycles. The lowest BCUT2D eigenvalue weighted by Crippen LogP contribution is -2.70. The molecule has 2 aliphatic heterocycles. The molecule has 6 atom stereocenters. The Bertz CT molecular complexity index is 1030. The van der Waals surface area contributed by atoms with Crippen LogP contribution in [0, 0.1) is 16.7 Å². The second-order valence-corrected chi connectivity index (χ2v) is 11.5. The van der Waals surface area contributed by atoms with E-state index in [0.717, 1.165) is 37.7 Å². The molecule has 0 amide bonds. The molecule has 1 aromatic carbocycles. The van der Waals surface area contributed by atoms with Gasteiger partial charge in [-0.1, -0.05) is 56.3 Å². The highest BCUT2D eigenvalue weighted by atomic mass is 16.6. The second-order valence-electron chi connectivity index (χ2n) is 11.5. The zero-order valence-corrected chi connectivity index (χ0v) is 20.6. The van der Waals surface area contributed by atoms with Crippen molar-refractivity contribution < 1.29 is 23.8 Å². The number of fused-ring (bicyclic) bond motifs is 3. The van der Waals surface area contributed by atoms with Crippen molar-refractivity contribution in [2.24, 2.45) is 16.7 Å². The van der Waals surface area contributed by atoms with Gasteiger partial charge < -0.3 is 14.2 Å². The minimum absolute atomic E-state index is 0.106. The Balaban J connectivity index is 1.46. The van der Waals surface area contributed by atoms with E-state index in [-0.39, 0.29) is 34.8 Å². The van der Waals surface area contributed by atoms with Crippen LogP contribution in [0.3, 0.4) is 0 Å². The fraction of sp³-hybridized carbons (Fsp3) is 0.586. The van der Waals surface area contributed by atoms with Crippen molar-refractivity contribution in [1.82, 2.24) is 0 Å². The number of cyclic esters (lactones) is 1. The van der Waals surface area contributed by atoms with Gasteiger partial charge in [-0.05, 0) is 56.6 Å². The second kappa shape index (κ2) is 8.08. The Labute approximate surface area is 202 Å². The standard InChI is InChI=1S/C29H36O5/c1-20-9-8-12-22-26(2)15-16-29(18-25(31)32-19-29)34-27(26,3)17-23(28(20,22)4)33-24(30)14-13-21-10-6-5-7-11-21/h5-7,10-11,13-14,22-23H,1,8-9,12,15-19H2,2-4H3/b14-13+/t22-,23+,26+,27+,28+,29-/m1/s1. The van der Waals surface area contributed by atoms with Crippen LogP contribution in [-0.2, 0) is 23.8 Å². The molecule has 182 valence electrons. The summed E-state index contributed by atoms with van der Waals surface area (Å²) in [7, 11) is 0. The predicted octanol–water partition coefficient (Wildman–Crippen LogP) is 5.64. The van der Waals surface area contributed by atoms with Crippen LogP contribution in [0.4, 0.5) is 0 Å². The van der Waals surface area contributed by atoms with Crippen LogP contribution in [0.1, 0.15) is 71.3 Å². The molecular weight excluding hydrogens is 428 g/mol. The van der Waals surface area contributed by atoms with Crippen molar-refractivity contribution in [3.63, 3.8) is 0 Å². The SMILES string of the molecule is C=C1CCC[C@H]2[C@@]1(C)[C@@H](OC(=O)/C=C/c1ccccc1)C[C@]1(C)O[C@@]3(CC[C@@]21C)COC(=O)C3. The van der Waals surface area contributed by atoms with Crippen LogP contribution in [-0.4, -0.2) is 35.9 Å². The molecule has 2 aliphatic carbocycles. The Morgan fingerprint density at radius 2 is 1.94 bits per heavy atom. The largest absolute Gasteiger partial charge is 0.463 e. The summed E-state index contributed by atoms with van der Waals surface area (Å²) in [4.78, 5) is 25.0. The molecule has 0 N–H and O–H groups in total. The smallest absolute Gasteiger partial charge is 0.331 e. The Kier molecular flexibility index (Phi) is 5.55. The van der Waals surface area contributed by atoms with Gasteiger partial charge in [-0.25, -0.2) is 4.79 Å². The van der Waals surface area contributed by atoms with Crippen molar-refractivity contribution in [3.8, 4) is 0 Å². The summed E-state index contributed by atoms with van der Waals surface area (Å²) in [5, 5.41) is 0. The maximum absolute atomic E-state index is 13.0. The molecular formula is C29H36O5. The van der Waals surface area contributed by atoms with Gasteiger partial charge >= 0.3 is 11.9 Å². The van der Waals surface area contributed by atoms with Crippen molar-refractivity contribution in [2.75, 3.05) is 6.61 Å². The van der Waals surface area contributed by atoms with E-state index in [9.17, 15) is 9.59 Å². The summed E-state index contributed by atoms with van der Waals surface area (Å²) in [5.41, 5.74) is 0.624. The zero-order valence-electron chi connectivity index (χ0n) is 20.6. The summed E-state index contributed by atoms with van der Waals surface area (Å²) in [6, 6.07) is 9.75. The van der Waals surface area contributed by atoms with Gasteiger partial charge in [0.25, 0.3) is 0 Å². The number of carbonyl (C=O) groups is 2. The summed E-state index contributed by atoms with van der Waals surface area (Å²) in [6.45, 7) is 11.5. The number of benzene rings is 1. The third kappa shape index (κ3) is 3.55. The van der Waals surface area contributed by atoms with Crippen LogP contribution in [0.25, 0.3) is 6.08 Å². The summed E-state index contributed by atoms with van der Waals surface area (Å²) < 4.78 is 18.4. The van der Waals surface area contributed by atoms with Gasteiger partial charge in [0.1, 0.15) is 18.3 Å². The summed E-state index contributed by atoms with van der Waals surface area (Å²) >= 11 is 0. The molecule has 34 heavy (non-hydrogen) atoms. The first-order valence-corrected chi connectivity index (χ1v) is 12.6. The molecule has 0 unspecified atom stereocenters. The molecule has 1 spiro atoms. The van der Waals surface area contributed by atoms with E-state index in [0.29, 0.717) is 19.4 Å². The first kappa shape index (κ1) is 23.3. The van der Waals surface area contributed by atoms with Gasteiger partial charge in [0.05, 0.1) is 12.0 Å². The zero-order chi connectivity index (χ0) is 24.2. The predicted molar refractivity (Wildman–Crippen MR) is 130 cm³/mol. The molecule has 1 aromatic rings. The van der Waals surface area contributed by atoms with Crippen molar-refractivity contribution in [3.05, 3.63) is 54.1 Å². The molecule has 0 radical (unpaired) electrons. The van der Waals surface area contributed by atoms with E-state index in [1.165, 1.54) is 11.6 Å². The van der Waals surface area contributed by atoms with Crippen LogP contribution in [0.5, 0.6) is 0 Å². The normalized spacial score (nSPS) is 41.7. The Hall–Kier alpha value is -2.40. The Morgan fingerprint density at radius 3 is 2.65 bits per heavy atom. The van der Waals surface area contributed by atoms with E-state index >= 15 is 0 Å². The van der Waals surface area contributed by atoms with E-state index in [1.54, 1.807) is 6.08 Å². The first-order chi connectivity index (χ1) is 16.1. The maximum Gasteiger partial charge on any atom is 0.331 e. The van der Waals surface area contributed by atoms with E-state index in [1.807, 2.05) is 30.3 Å². The molecule has 0 bridgehead atoms. The molecule has 5 nitrogen and oxygen atoms in total. The van der Waals surface area contributed by atoms with Gasteiger partial charge in [0, 0.05) is 23.3 Å². The molecule has 0 aromatic heterocycles. The van der Waals surface area contributed by atoms with Crippen molar-refractivity contribution >= 4 is 18.0 Å². The molecule has 4 fully saturated rings. The topological polar surface area (TPSA) is 61.8 Å². The number of ether oxygens (including phenoxy) is 3. The average Bonchev–Trinajstić information content (AvgIpc) is 3.16.